The quantitative estimate of drug-likeness (QED) is 0.670. The molecule has 2 atom stereocenters. The number of rotatable bonds is 3. The van der Waals surface area contributed by atoms with Crippen molar-refractivity contribution in [1.82, 2.24) is 5.32 Å². The number of ketones is 1. The van der Waals surface area contributed by atoms with Gasteiger partial charge < -0.3 is 0 Å². The molecule has 19 heavy (non-hydrogen) atoms. The van der Waals surface area contributed by atoms with Gasteiger partial charge >= 0.3 is 0 Å². The van der Waals surface area contributed by atoms with Gasteiger partial charge in [0.2, 0.25) is 0 Å². The summed E-state index contributed by atoms with van der Waals surface area (Å²) in [6.07, 6.45) is 0. The fourth-order valence-corrected chi connectivity index (χ4v) is 2.20. The molecule has 2 aromatic carbocycles. The third-order valence-electron chi connectivity index (χ3n) is 3.32. The molecule has 1 N–H and O–H groups in total. The molecule has 1 fully saturated rings. The highest BCUT2D eigenvalue weighted by Crippen LogP contribution is 2.32. The van der Waals surface area contributed by atoms with Gasteiger partial charge in [-0.2, -0.15) is 5.26 Å². The van der Waals surface area contributed by atoms with Crippen molar-refractivity contribution in [3.8, 4) is 6.07 Å². The zero-order valence-electron chi connectivity index (χ0n) is 10.2. The van der Waals surface area contributed by atoms with Crippen LogP contribution in [-0.2, 0) is 0 Å². The first kappa shape index (κ1) is 11.6. The average molecular weight is 248 g/mol. The van der Waals surface area contributed by atoms with E-state index in [1.807, 2.05) is 42.5 Å². The number of benzene rings is 2. The highest BCUT2D eigenvalue weighted by Gasteiger charge is 2.43. The molecule has 3 nitrogen and oxygen atoms in total. The van der Waals surface area contributed by atoms with Crippen molar-refractivity contribution in [1.29, 1.82) is 5.26 Å². The van der Waals surface area contributed by atoms with Gasteiger partial charge in [0.1, 0.15) is 0 Å². The monoisotopic (exact) mass is 248 g/mol. The number of nitriles is 1. The van der Waals surface area contributed by atoms with Gasteiger partial charge in [-0.3, -0.25) is 10.1 Å². The van der Waals surface area contributed by atoms with E-state index >= 15 is 0 Å². The molecular formula is C16H12N2O. The van der Waals surface area contributed by atoms with E-state index in [0.717, 1.165) is 11.1 Å². The first-order chi connectivity index (χ1) is 9.29. The summed E-state index contributed by atoms with van der Waals surface area (Å²) in [5.41, 5.74) is 2.42. The third-order valence-corrected chi connectivity index (χ3v) is 3.32. The normalized spacial score (nSPS) is 20.6. The van der Waals surface area contributed by atoms with Gasteiger partial charge in [0.05, 0.1) is 23.7 Å². The summed E-state index contributed by atoms with van der Waals surface area (Å²) in [6.45, 7) is 0. The van der Waals surface area contributed by atoms with Crippen LogP contribution in [0.1, 0.15) is 27.5 Å². The zero-order valence-corrected chi connectivity index (χ0v) is 10.2. The Labute approximate surface area is 111 Å². The highest BCUT2D eigenvalue weighted by molar-refractivity contribution is 6.02. The Bertz CT molecular complexity index is 641. The minimum Gasteiger partial charge on any atom is -0.297 e. The number of hydrogen-bond acceptors (Lipinski definition) is 3. The van der Waals surface area contributed by atoms with Crippen LogP contribution in [-0.4, -0.2) is 11.8 Å². The van der Waals surface area contributed by atoms with Crippen LogP contribution in [0.2, 0.25) is 0 Å². The summed E-state index contributed by atoms with van der Waals surface area (Å²) in [6, 6.07) is 18.7. The molecule has 1 aliphatic heterocycles. The molecule has 92 valence electrons. The first-order valence-corrected chi connectivity index (χ1v) is 6.15. The lowest BCUT2D eigenvalue weighted by molar-refractivity contribution is 0.0988. The summed E-state index contributed by atoms with van der Waals surface area (Å²) >= 11 is 0. The van der Waals surface area contributed by atoms with Gasteiger partial charge in [-0.1, -0.05) is 42.5 Å². The van der Waals surface area contributed by atoms with Crippen molar-refractivity contribution < 1.29 is 4.79 Å². The average Bonchev–Trinajstić information content (AvgIpc) is 3.28. The second-order valence-corrected chi connectivity index (χ2v) is 4.59. The van der Waals surface area contributed by atoms with E-state index in [0.29, 0.717) is 5.56 Å². The third kappa shape index (κ3) is 2.26. The Morgan fingerprint density at radius 2 is 1.74 bits per heavy atom. The fraction of sp³-hybridized carbons (Fsp3) is 0.125. The van der Waals surface area contributed by atoms with Crippen LogP contribution in [0.4, 0.5) is 0 Å². The second-order valence-electron chi connectivity index (χ2n) is 4.59. The molecular weight excluding hydrogens is 236 g/mol. The molecule has 0 aliphatic carbocycles. The van der Waals surface area contributed by atoms with Crippen LogP contribution in [0.15, 0.2) is 54.6 Å². The van der Waals surface area contributed by atoms with E-state index in [1.165, 1.54) is 0 Å². The largest absolute Gasteiger partial charge is 0.297 e. The van der Waals surface area contributed by atoms with E-state index in [2.05, 4.69) is 11.4 Å². The van der Waals surface area contributed by atoms with Crippen LogP contribution in [0.3, 0.4) is 0 Å². The SMILES string of the molecule is N#Cc1ccc([C@H]2N[C@@H]2C(=O)c2ccccc2)cc1. The number of nitrogens with zero attached hydrogens (tertiary/aromatic N) is 1. The molecule has 0 saturated carbocycles. The van der Waals surface area contributed by atoms with Crippen molar-refractivity contribution in [2.75, 3.05) is 0 Å². The molecule has 3 rings (SSSR count). The Balaban J connectivity index is 1.74. The van der Waals surface area contributed by atoms with Crippen molar-refractivity contribution >= 4 is 5.78 Å². The Kier molecular flexibility index (Phi) is 2.86. The summed E-state index contributed by atoms with van der Waals surface area (Å²) in [7, 11) is 0. The minimum atomic E-state index is -0.143. The molecule has 0 bridgehead atoms. The van der Waals surface area contributed by atoms with E-state index < -0.39 is 0 Å². The van der Waals surface area contributed by atoms with Crippen molar-refractivity contribution in [3.63, 3.8) is 0 Å². The van der Waals surface area contributed by atoms with Gasteiger partial charge in [-0.25, -0.2) is 0 Å². The number of carbonyl (C=O) groups is 1. The molecule has 0 amide bonds. The predicted molar refractivity (Wildman–Crippen MR) is 71.6 cm³/mol. The molecule has 3 heteroatoms. The van der Waals surface area contributed by atoms with Crippen molar-refractivity contribution in [2.45, 2.75) is 12.1 Å². The van der Waals surface area contributed by atoms with Crippen LogP contribution in [0, 0.1) is 11.3 Å². The molecule has 1 saturated heterocycles. The minimum absolute atomic E-state index is 0.0699. The van der Waals surface area contributed by atoms with Gasteiger partial charge in [0.15, 0.2) is 5.78 Å². The van der Waals surface area contributed by atoms with Crippen LogP contribution in [0.5, 0.6) is 0 Å². The standard InChI is InChI=1S/C16H12N2O/c17-10-11-6-8-12(9-7-11)14-15(18-14)16(19)13-4-2-1-3-5-13/h1-9,14-15,18H/t14-,15+/m1/s1. The molecule has 0 radical (unpaired) electrons. The summed E-state index contributed by atoms with van der Waals surface area (Å²) < 4.78 is 0. The smallest absolute Gasteiger partial charge is 0.181 e. The number of carbonyl (C=O) groups excluding carboxylic acids is 1. The Hall–Kier alpha value is -2.44. The summed E-state index contributed by atoms with van der Waals surface area (Å²) in [5.74, 6) is 0.120. The lowest BCUT2D eigenvalue weighted by atomic mass is 10.0. The van der Waals surface area contributed by atoms with Crippen molar-refractivity contribution in [2.24, 2.45) is 0 Å². The van der Waals surface area contributed by atoms with Gasteiger partial charge in [-0.05, 0) is 17.7 Å². The summed E-state index contributed by atoms with van der Waals surface area (Å²) in [5, 5.41) is 11.9. The molecule has 0 unspecified atom stereocenters. The maximum atomic E-state index is 12.2. The summed E-state index contributed by atoms with van der Waals surface area (Å²) in [4.78, 5) is 12.2. The van der Waals surface area contributed by atoms with Crippen LogP contribution in [0.25, 0.3) is 0 Å². The second kappa shape index (κ2) is 4.68. The molecule has 1 heterocycles. The molecule has 2 aromatic rings. The van der Waals surface area contributed by atoms with E-state index in [4.69, 9.17) is 5.26 Å². The number of nitrogens with one attached hydrogen (secondary N) is 1. The predicted octanol–water partition coefficient (Wildman–Crippen LogP) is 2.45. The van der Waals surface area contributed by atoms with Gasteiger partial charge in [-0.15, -0.1) is 0 Å². The number of Topliss-reactive ketones (excluding diaryl/α,β-unsaturated/α-hetero) is 1. The van der Waals surface area contributed by atoms with Crippen LogP contribution < -0.4 is 5.32 Å². The van der Waals surface area contributed by atoms with E-state index in [-0.39, 0.29) is 17.9 Å². The highest BCUT2D eigenvalue weighted by atomic mass is 16.1. The first-order valence-electron chi connectivity index (χ1n) is 6.15. The maximum absolute atomic E-state index is 12.2. The van der Waals surface area contributed by atoms with Crippen LogP contribution >= 0.6 is 0 Å². The van der Waals surface area contributed by atoms with Crippen molar-refractivity contribution in [3.05, 3.63) is 71.3 Å². The Morgan fingerprint density at radius 3 is 2.37 bits per heavy atom. The lowest BCUT2D eigenvalue weighted by Gasteiger charge is -1.99. The Morgan fingerprint density at radius 1 is 1.05 bits per heavy atom. The fourth-order valence-electron chi connectivity index (χ4n) is 2.20. The number of hydrogen-bond donors (Lipinski definition) is 1. The van der Waals surface area contributed by atoms with E-state index in [1.54, 1.807) is 12.1 Å². The molecule has 0 aromatic heterocycles. The van der Waals surface area contributed by atoms with Gasteiger partial charge in [0, 0.05) is 5.56 Å². The van der Waals surface area contributed by atoms with E-state index in [9.17, 15) is 4.79 Å². The topological polar surface area (TPSA) is 62.8 Å². The molecule has 0 spiro atoms. The zero-order chi connectivity index (χ0) is 13.2. The maximum Gasteiger partial charge on any atom is 0.181 e. The van der Waals surface area contributed by atoms with Gasteiger partial charge in [0.25, 0.3) is 0 Å². The lowest BCUT2D eigenvalue weighted by Crippen LogP contribution is -2.09. The molecule has 1 aliphatic rings.